The van der Waals surface area contributed by atoms with Crippen molar-refractivity contribution in [3.8, 4) is 0 Å². The van der Waals surface area contributed by atoms with Crippen molar-refractivity contribution in [1.29, 1.82) is 0 Å². The maximum Gasteiger partial charge on any atom is 0.501 e. The average Bonchev–Trinajstić information content (AvgIpc) is 3.12. The van der Waals surface area contributed by atoms with Gasteiger partial charge in [-0.05, 0) is 24.2 Å². The molecule has 2 heterocycles. The zero-order valence-corrected chi connectivity index (χ0v) is 18.1. The molecule has 182 valence electrons. The molecule has 1 aliphatic heterocycles. The fourth-order valence-electron chi connectivity index (χ4n) is 2.33. The predicted octanol–water partition coefficient (Wildman–Crippen LogP) is 3.18. The lowest BCUT2D eigenvalue weighted by Gasteiger charge is -2.12. The van der Waals surface area contributed by atoms with Gasteiger partial charge in [0.1, 0.15) is 11.4 Å². The molecular formula is C16H13F6N3O6S2. The van der Waals surface area contributed by atoms with Gasteiger partial charge in [-0.2, -0.15) is 26.3 Å². The smallest absolute Gasteiger partial charge is 0.413 e. The van der Waals surface area contributed by atoms with E-state index in [9.17, 15) is 43.2 Å². The molecule has 0 aliphatic carbocycles. The normalized spacial score (nSPS) is 18.5. The lowest BCUT2D eigenvalue weighted by atomic mass is 10.2. The maximum atomic E-state index is 13.0. The second-order valence-electron chi connectivity index (χ2n) is 6.07. The number of sulfone groups is 2. The Morgan fingerprint density at radius 2 is 1.79 bits per heavy atom. The number of oxime groups is 1. The van der Waals surface area contributed by atoms with E-state index in [2.05, 4.69) is 15.1 Å². The Balaban J connectivity index is 2.73. The molecule has 17 heteroatoms. The summed E-state index contributed by atoms with van der Waals surface area (Å²) in [5, 5.41) is 11.6. The molecular weight excluding hydrogens is 508 g/mol. The average molecular weight is 521 g/mol. The van der Waals surface area contributed by atoms with Crippen LogP contribution in [0.5, 0.6) is 0 Å². The molecule has 0 amide bonds. The summed E-state index contributed by atoms with van der Waals surface area (Å²) in [5.74, 6) is -2.47. The molecule has 0 saturated carbocycles. The number of rotatable bonds is 5. The van der Waals surface area contributed by atoms with Gasteiger partial charge in [0.05, 0.1) is 21.1 Å². The predicted molar refractivity (Wildman–Crippen MR) is 101 cm³/mol. The van der Waals surface area contributed by atoms with Gasteiger partial charge in [-0.3, -0.25) is 0 Å². The third kappa shape index (κ3) is 5.18. The maximum absolute atomic E-state index is 13.0. The van der Waals surface area contributed by atoms with Crippen LogP contribution in [0.3, 0.4) is 0 Å². The standard InChI is InChI=1S/C16H13F6N3O6S2/c1-3-9(33(29,30)16(20,21)22)6-10-13(25-26)31-14(24-10)12-11(32(27,28)4-2)5-8(7-23-12)15(17,18)19/h3,5-7,26H,4H2,1-2H3/b9-3+,10-6+,25-13-. The summed E-state index contributed by atoms with van der Waals surface area (Å²) in [5.41, 5.74) is -8.67. The lowest BCUT2D eigenvalue weighted by molar-refractivity contribution is -0.138. The molecule has 9 nitrogen and oxygen atoms in total. The van der Waals surface area contributed by atoms with E-state index in [1.165, 1.54) is 0 Å². The summed E-state index contributed by atoms with van der Waals surface area (Å²) >= 11 is 0. The molecule has 0 spiro atoms. The van der Waals surface area contributed by atoms with Crippen molar-refractivity contribution < 1.29 is 53.1 Å². The Morgan fingerprint density at radius 1 is 1.18 bits per heavy atom. The molecule has 0 atom stereocenters. The molecule has 0 bridgehead atoms. The number of hydrogen-bond donors (Lipinski definition) is 1. The van der Waals surface area contributed by atoms with Crippen molar-refractivity contribution in [3.05, 3.63) is 46.3 Å². The summed E-state index contributed by atoms with van der Waals surface area (Å²) in [6, 6.07) is 0.260. The highest BCUT2D eigenvalue weighted by molar-refractivity contribution is 7.96. The molecule has 1 aliphatic rings. The SMILES string of the molecule is C\C=C(/C=C1/N=C(c2ncc(C(F)(F)F)cc2S(=O)(=O)CC)O/C1=N\O)S(=O)(=O)C(F)(F)F. The Labute approximate surface area is 182 Å². The molecule has 0 radical (unpaired) electrons. The molecule has 0 saturated heterocycles. The Morgan fingerprint density at radius 3 is 2.24 bits per heavy atom. The van der Waals surface area contributed by atoms with E-state index in [4.69, 9.17) is 9.94 Å². The summed E-state index contributed by atoms with van der Waals surface area (Å²) in [4.78, 5) is 4.69. The minimum Gasteiger partial charge on any atom is -0.413 e. The fourth-order valence-corrected chi connectivity index (χ4v) is 4.22. The number of alkyl halides is 6. The molecule has 33 heavy (non-hydrogen) atoms. The van der Waals surface area contributed by atoms with E-state index in [1.807, 2.05) is 0 Å². The number of pyridine rings is 1. The van der Waals surface area contributed by atoms with E-state index >= 15 is 0 Å². The quantitative estimate of drug-likeness (QED) is 0.357. The lowest BCUT2D eigenvalue weighted by Crippen LogP contribution is -2.24. The first-order valence-electron chi connectivity index (χ1n) is 8.48. The van der Waals surface area contributed by atoms with Crippen molar-refractivity contribution in [1.82, 2.24) is 4.98 Å². The van der Waals surface area contributed by atoms with Crippen LogP contribution in [0.4, 0.5) is 26.3 Å². The van der Waals surface area contributed by atoms with E-state index in [-0.39, 0.29) is 12.3 Å². The largest absolute Gasteiger partial charge is 0.501 e. The van der Waals surface area contributed by atoms with Crippen LogP contribution in [0.25, 0.3) is 0 Å². The Bertz CT molecular complexity index is 1290. The van der Waals surface area contributed by atoms with Crippen LogP contribution < -0.4 is 0 Å². The van der Waals surface area contributed by atoms with Gasteiger partial charge in [-0.25, -0.2) is 26.8 Å². The van der Waals surface area contributed by atoms with Gasteiger partial charge in [0.25, 0.3) is 15.7 Å². The highest BCUT2D eigenvalue weighted by Crippen LogP contribution is 2.34. The molecule has 0 aromatic carbocycles. The highest BCUT2D eigenvalue weighted by atomic mass is 32.2. The number of aliphatic imine (C=N–C) groups is 1. The summed E-state index contributed by atoms with van der Waals surface area (Å²) < 4.78 is 131. The van der Waals surface area contributed by atoms with Crippen LogP contribution in [0.1, 0.15) is 25.1 Å². The first-order chi connectivity index (χ1) is 15.0. The van der Waals surface area contributed by atoms with Gasteiger partial charge in [0, 0.05) is 6.20 Å². The topological polar surface area (TPSA) is 135 Å². The summed E-state index contributed by atoms with van der Waals surface area (Å²) in [6.07, 6.45) is -3.82. The Hall–Kier alpha value is -2.95. The monoisotopic (exact) mass is 521 g/mol. The number of hydrogen-bond acceptors (Lipinski definition) is 9. The van der Waals surface area contributed by atoms with Gasteiger partial charge in [-0.1, -0.05) is 13.0 Å². The fraction of sp³-hybridized carbons (Fsp3) is 0.312. The second kappa shape index (κ2) is 8.77. The van der Waals surface area contributed by atoms with Gasteiger partial charge in [0.2, 0.25) is 5.90 Å². The number of halogens is 6. The Kier molecular flexibility index (Phi) is 6.99. The molecule has 1 aromatic rings. The number of allylic oxidation sites excluding steroid dienone is 2. The molecule has 1 aromatic heterocycles. The zero-order chi connectivity index (χ0) is 25.4. The van der Waals surface area contributed by atoms with Gasteiger partial charge in [0.15, 0.2) is 9.84 Å². The van der Waals surface area contributed by atoms with Crippen LogP contribution >= 0.6 is 0 Å². The van der Waals surface area contributed by atoms with Crippen LogP contribution in [-0.2, 0) is 30.6 Å². The van der Waals surface area contributed by atoms with Crippen LogP contribution in [-0.4, -0.2) is 50.1 Å². The minimum absolute atomic E-state index is 0.260. The van der Waals surface area contributed by atoms with Crippen molar-refractivity contribution in [2.75, 3.05) is 5.75 Å². The second-order valence-corrected chi connectivity index (χ2v) is 10.3. The van der Waals surface area contributed by atoms with Crippen LogP contribution in [0.15, 0.2) is 50.1 Å². The summed E-state index contributed by atoms with van der Waals surface area (Å²) in [7, 11) is -10.2. The number of aromatic nitrogens is 1. The molecule has 1 N–H and O–H groups in total. The van der Waals surface area contributed by atoms with Crippen LogP contribution in [0.2, 0.25) is 0 Å². The first-order valence-corrected chi connectivity index (χ1v) is 11.6. The molecule has 0 fully saturated rings. The zero-order valence-electron chi connectivity index (χ0n) is 16.4. The number of nitrogens with zero attached hydrogens (tertiary/aromatic N) is 3. The van der Waals surface area contributed by atoms with Gasteiger partial charge in [-0.15, -0.1) is 0 Å². The van der Waals surface area contributed by atoms with E-state index in [1.54, 1.807) is 0 Å². The minimum atomic E-state index is -5.86. The van der Waals surface area contributed by atoms with E-state index in [0.717, 1.165) is 13.8 Å². The van der Waals surface area contributed by atoms with Crippen molar-refractivity contribution in [2.24, 2.45) is 10.1 Å². The third-order valence-corrected chi connectivity index (χ3v) is 7.33. The van der Waals surface area contributed by atoms with Gasteiger partial charge < -0.3 is 9.94 Å². The van der Waals surface area contributed by atoms with Crippen molar-refractivity contribution >= 4 is 31.5 Å². The first kappa shape index (κ1) is 26.3. The van der Waals surface area contributed by atoms with E-state index in [0.29, 0.717) is 12.2 Å². The highest BCUT2D eigenvalue weighted by Gasteiger charge is 2.48. The van der Waals surface area contributed by atoms with E-state index < -0.39 is 75.7 Å². The third-order valence-electron chi connectivity index (χ3n) is 4.00. The van der Waals surface area contributed by atoms with Gasteiger partial charge >= 0.3 is 11.7 Å². The van der Waals surface area contributed by atoms with Crippen molar-refractivity contribution in [3.63, 3.8) is 0 Å². The van der Waals surface area contributed by atoms with Crippen LogP contribution in [0, 0.1) is 0 Å². The number of ether oxygens (including phenoxy) is 1. The molecule has 0 unspecified atom stereocenters. The summed E-state index contributed by atoms with van der Waals surface area (Å²) in [6.45, 7) is 2.08. The molecule has 2 rings (SSSR count). The van der Waals surface area contributed by atoms with Crippen molar-refractivity contribution in [2.45, 2.75) is 30.4 Å².